The van der Waals surface area contributed by atoms with Crippen LogP contribution in [0.25, 0.3) is 0 Å². The van der Waals surface area contributed by atoms with E-state index in [9.17, 15) is 15.5 Å². The fourth-order valence-corrected chi connectivity index (χ4v) is 3.92. The highest BCUT2D eigenvalue weighted by Gasteiger charge is 2.33. The lowest BCUT2D eigenvalue weighted by Crippen LogP contribution is -2.30. The van der Waals surface area contributed by atoms with E-state index in [4.69, 9.17) is 4.74 Å². The highest BCUT2D eigenvalue weighted by atomic mass is 16.8. The maximum atomic E-state index is 10.8. The molecule has 0 fully saturated rings. The van der Waals surface area contributed by atoms with Gasteiger partial charge >= 0.3 is 0 Å². The molecule has 7 heteroatoms. The van der Waals surface area contributed by atoms with Crippen molar-refractivity contribution in [1.29, 1.82) is 0 Å². The Bertz CT molecular complexity index is 752. The minimum absolute atomic E-state index is 0.0413. The summed E-state index contributed by atoms with van der Waals surface area (Å²) >= 11 is 0. The lowest BCUT2D eigenvalue weighted by molar-refractivity contribution is -0.377. The smallest absolute Gasteiger partial charge is 0.222 e. The lowest BCUT2D eigenvalue weighted by atomic mass is 9.70. The molecule has 0 spiro atoms. The zero-order valence-corrected chi connectivity index (χ0v) is 15.9. The van der Waals surface area contributed by atoms with Crippen LogP contribution in [0, 0.1) is 34.1 Å². The Hall–Kier alpha value is -2.54. The van der Waals surface area contributed by atoms with Crippen LogP contribution in [-0.2, 0) is 4.74 Å². The second kappa shape index (κ2) is 8.00. The van der Waals surface area contributed by atoms with E-state index in [-0.39, 0.29) is 18.2 Å². The zero-order valence-electron chi connectivity index (χ0n) is 15.9. The number of hydrogen-bond acceptors (Lipinski definition) is 6. The summed E-state index contributed by atoms with van der Waals surface area (Å²) in [5.41, 5.74) is 4.91. The molecule has 3 rings (SSSR count). The van der Waals surface area contributed by atoms with Crippen LogP contribution >= 0.6 is 0 Å². The van der Waals surface area contributed by atoms with Crippen LogP contribution in [0.5, 0.6) is 0 Å². The van der Waals surface area contributed by atoms with Gasteiger partial charge in [0.15, 0.2) is 0 Å². The van der Waals surface area contributed by atoms with Gasteiger partial charge in [0.25, 0.3) is 0 Å². The summed E-state index contributed by atoms with van der Waals surface area (Å²) in [4.78, 5) is -0.428. The number of aliphatic hydroxyl groups is 1. The molecular weight excluding hydrogens is 346 g/mol. The van der Waals surface area contributed by atoms with Crippen molar-refractivity contribution in [2.24, 2.45) is 28.8 Å². The summed E-state index contributed by atoms with van der Waals surface area (Å²) in [5.74, 6) is 2.60. The van der Waals surface area contributed by atoms with Gasteiger partial charge in [0, 0.05) is 36.7 Å². The first-order valence-corrected chi connectivity index (χ1v) is 9.30. The molecule has 0 aromatic heterocycles. The summed E-state index contributed by atoms with van der Waals surface area (Å²) in [6, 6.07) is 0. The average molecular weight is 372 g/mol. The van der Waals surface area contributed by atoms with Crippen molar-refractivity contribution < 1.29 is 14.7 Å². The van der Waals surface area contributed by atoms with Crippen LogP contribution < -0.4 is 5.43 Å². The maximum absolute atomic E-state index is 10.8. The summed E-state index contributed by atoms with van der Waals surface area (Å²) in [6.07, 6.45) is 10.1. The first kappa shape index (κ1) is 19.2. The Labute approximate surface area is 159 Å². The van der Waals surface area contributed by atoms with Crippen molar-refractivity contribution in [1.82, 2.24) is 5.43 Å². The van der Waals surface area contributed by atoms with Crippen LogP contribution in [0.4, 0.5) is 0 Å². The van der Waals surface area contributed by atoms with Gasteiger partial charge in [-0.15, -0.1) is 5.10 Å². The van der Waals surface area contributed by atoms with Crippen molar-refractivity contribution in [2.45, 2.75) is 33.6 Å². The molecule has 0 aromatic carbocycles. The fraction of sp³-hybridized carbons (Fsp3) is 0.500. The molecule has 0 amide bonds. The Morgan fingerprint density at radius 3 is 2.59 bits per heavy atom. The van der Waals surface area contributed by atoms with E-state index in [1.807, 2.05) is 0 Å². The SMILES string of the molecule is CC1=CC(CO)C(C(C)C)CC1CC1=NNC(=C2C=CC(=[N+]([O-])[O-])C=C2)O1. The highest BCUT2D eigenvalue weighted by Crippen LogP contribution is 2.39. The van der Waals surface area contributed by atoms with Crippen molar-refractivity contribution in [3.8, 4) is 0 Å². The number of hydrogen-bond donors (Lipinski definition) is 2. The van der Waals surface area contributed by atoms with Crippen LogP contribution in [0.3, 0.4) is 0 Å². The third kappa shape index (κ3) is 4.24. The van der Waals surface area contributed by atoms with E-state index >= 15 is 0 Å². The molecule has 146 valence electrons. The third-order valence-corrected chi connectivity index (χ3v) is 5.56. The van der Waals surface area contributed by atoms with Gasteiger partial charge in [-0.25, -0.2) is 5.43 Å². The third-order valence-electron chi connectivity index (χ3n) is 5.56. The molecule has 7 nitrogen and oxygen atoms in total. The van der Waals surface area contributed by atoms with Crippen LogP contribution in [0.2, 0.25) is 0 Å². The number of allylic oxidation sites excluding steroid dienone is 6. The molecule has 3 aliphatic rings. The molecule has 1 aliphatic heterocycles. The van der Waals surface area contributed by atoms with Crippen LogP contribution in [-0.4, -0.2) is 28.2 Å². The minimum atomic E-state index is -0.428. The summed E-state index contributed by atoms with van der Waals surface area (Å²) in [6.45, 7) is 6.69. The standard InChI is InChI=1S/C20H26N3O4/c1-12(2)18-9-15(13(3)8-16(18)11-24)10-19-21-22-20(27-19)14-4-6-17(7-5-14)23(25)26/h4-8,12,15-16,18,22,24H,9-11H2,1-3H3/q-1. The van der Waals surface area contributed by atoms with Crippen molar-refractivity contribution >= 4 is 11.6 Å². The van der Waals surface area contributed by atoms with Gasteiger partial charge in [-0.1, -0.05) is 25.5 Å². The Balaban J connectivity index is 1.67. The first-order chi connectivity index (χ1) is 12.9. The Morgan fingerprint density at radius 1 is 1.30 bits per heavy atom. The Kier molecular flexibility index (Phi) is 5.70. The molecule has 0 radical (unpaired) electrons. The fourth-order valence-electron chi connectivity index (χ4n) is 3.92. The molecule has 0 aromatic rings. The van der Waals surface area contributed by atoms with E-state index in [2.05, 4.69) is 37.4 Å². The molecule has 0 saturated heterocycles. The second-order valence-corrected chi connectivity index (χ2v) is 7.65. The van der Waals surface area contributed by atoms with Crippen LogP contribution in [0.1, 0.15) is 33.6 Å². The normalized spacial score (nSPS) is 27.4. The average Bonchev–Trinajstić information content (AvgIpc) is 3.11. The largest absolute Gasteiger partial charge is 0.612 e. The molecule has 0 bridgehead atoms. The molecule has 1 heterocycles. The van der Waals surface area contributed by atoms with E-state index < -0.39 is 4.90 Å². The van der Waals surface area contributed by atoms with E-state index in [0.717, 1.165) is 12.0 Å². The van der Waals surface area contributed by atoms with Gasteiger partial charge in [-0.05, 0) is 43.3 Å². The number of nitrogens with zero attached hydrogens (tertiary/aromatic N) is 2. The van der Waals surface area contributed by atoms with Gasteiger partial charge in [-0.2, -0.15) is 4.90 Å². The molecule has 3 unspecified atom stereocenters. The van der Waals surface area contributed by atoms with Crippen molar-refractivity contribution in [2.75, 3.05) is 6.61 Å². The van der Waals surface area contributed by atoms with E-state index in [1.54, 1.807) is 12.2 Å². The van der Waals surface area contributed by atoms with Gasteiger partial charge < -0.3 is 20.3 Å². The summed E-state index contributed by atoms with van der Waals surface area (Å²) in [7, 11) is 0. The van der Waals surface area contributed by atoms with Crippen molar-refractivity contribution in [3.63, 3.8) is 0 Å². The predicted molar refractivity (Wildman–Crippen MR) is 104 cm³/mol. The maximum Gasteiger partial charge on any atom is 0.222 e. The molecule has 3 atom stereocenters. The van der Waals surface area contributed by atoms with Crippen molar-refractivity contribution in [3.05, 3.63) is 57.8 Å². The van der Waals surface area contributed by atoms with Gasteiger partial charge in [0.1, 0.15) is 0 Å². The number of nitrogens with one attached hydrogen (secondary N) is 1. The number of hydrazone groups is 1. The topological polar surface area (TPSA) is 103 Å². The lowest BCUT2D eigenvalue weighted by Gasteiger charge is -2.36. The quantitative estimate of drug-likeness (QED) is 0.449. The van der Waals surface area contributed by atoms with Gasteiger partial charge in [-0.3, -0.25) is 0 Å². The molecule has 27 heavy (non-hydrogen) atoms. The molecular formula is C20H26N3O4-. The minimum Gasteiger partial charge on any atom is -0.612 e. The first-order valence-electron chi connectivity index (χ1n) is 9.30. The zero-order chi connectivity index (χ0) is 19.6. The summed E-state index contributed by atoms with van der Waals surface area (Å²) in [5, 5.41) is 35.5. The van der Waals surface area contributed by atoms with E-state index in [0.29, 0.717) is 36.0 Å². The predicted octanol–water partition coefficient (Wildman–Crippen LogP) is 2.94. The van der Waals surface area contributed by atoms with Gasteiger partial charge in [0.05, 0.1) is 0 Å². The number of rotatable bonds is 4. The number of aliphatic hydroxyl groups excluding tert-OH is 1. The number of ether oxygens (including phenoxy) is 1. The second-order valence-electron chi connectivity index (χ2n) is 7.65. The van der Waals surface area contributed by atoms with Gasteiger partial charge in [0.2, 0.25) is 17.5 Å². The van der Waals surface area contributed by atoms with Crippen LogP contribution in [0.15, 0.2) is 52.5 Å². The molecule has 2 aliphatic carbocycles. The highest BCUT2D eigenvalue weighted by molar-refractivity contribution is 6.02. The molecule has 0 saturated carbocycles. The summed E-state index contributed by atoms with van der Waals surface area (Å²) < 4.78 is 5.86. The Morgan fingerprint density at radius 2 is 2.00 bits per heavy atom. The molecule has 2 N–H and O–H groups in total. The van der Waals surface area contributed by atoms with E-state index in [1.165, 1.54) is 17.7 Å². The monoisotopic (exact) mass is 372 g/mol.